The van der Waals surface area contributed by atoms with Crippen molar-refractivity contribution >= 4 is 11.5 Å². The van der Waals surface area contributed by atoms with Gasteiger partial charge in [0.25, 0.3) is 0 Å². The van der Waals surface area contributed by atoms with E-state index in [1.54, 1.807) is 6.26 Å². The number of furan rings is 1. The fraction of sp³-hybridized carbons (Fsp3) is 0.158. The van der Waals surface area contributed by atoms with E-state index in [9.17, 15) is 0 Å². The fourth-order valence-corrected chi connectivity index (χ4v) is 2.89. The minimum Gasteiger partial charge on any atom is -0.467 e. The lowest BCUT2D eigenvalue weighted by Gasteiger charge is -2.19. The molecule has 0 aliphatic carbocycles. The van der Waals surface area contributed by atoms with Crippen LogP contribution in [0, 0.1) is 13.8 Å². The molecule has 120 valence electrons. The maximum atomic E-state index is 5.66. The van der Waals surface area contributed by atoms with Crippen molar-refractivity contribution in [2.45, 2.75) is 19.9 Å². The summed E-state index contributed by atoms with van der Waals surface area (Å²) in [5.74, 6) is 1.74. The Morgan fingerprint density at radius 1 is 1.00 bits per heavy atom. The molecule has 0 aliphatic rings. The van der Waals surface area contributed by atoms with E-state index in [0.717, 1.165) is 34.2 Å². The summed E-state index contributed by atoms with van der Waals surface area (Å²) in [6.07, 6.45) is 1.69. The molecule has 0 aliphatic heterocycles. The molecule has 1 N–H and O–H groups in total. The van der Waals surface area contributed by atoms with Crippen LogP contribution >= 0.6 is 0 Å². The van der Waals surface area contributed by atoms with Gasteiger partial charge in [-0.3, -0.25) is 0 Å². The van der Waals surface area contributed by atoms with Gasteiger partial charge in [-0.1, -0.05) is 30.3 Å². The van der Waals surface area contributed by atoms with Crippen molar-refractivity contribution in [2.75, 3.05) is 5.32 Å². The lowest BCUT2D eigenvalue weighted by molar-refractivity contribution is 0.498. The molecule has 3 aromatic heterocycles. The van der Waals surface area contributed by atoms with E-state index in [1.807, 2.05) is 60.8 Å². The highest BCUT2D eigenvalue weighted by Gasteiger charge is 2.18. The van der Waals surface area contributed by atoms with Crippen LogP contribution in [0.2, 0.25) is 0 Å². The number of hydrogen-bond donors (Lipinski definition) is 1. The highest BCUT2D eigenvalue weighted by molar-refractivity contribution is 5.52. The summed E-state index contributed by atoms with van der Waals surface area (Å²) < 4.78 is 7.50. The Bertz CT molecular complexity index is 958. The summed E-state index contributed by atoms with van der Waals surface area (Å²) in [5.41, 5.74) is 3.83. The van der Waals surface area contributed by atoms with Crippen LogP contribution in [0.3, 0.4) is 0 Å². The minimum absolute atomic E-state index is 0.101. The molecule has 0 fully saturated rings. The maximum Gasteiger partial charge on any atom is 0.157 e. The lowest BCUT2D eigenvalue weighted by Crippen LogP contribution is -2.15. The van der Waals surface area contributed by atoms with Crippen LogP contribution in [0.15, 0.2) is 65.3 Å². The molecule has 0 spiro atoms. The second-order valence-corrected chi connectivity index (χ2v) is 5.84. The number of hydrogen-bond acceptors (Lipinski definition) is 4. The summed E-state index contributed by atoms with van der Waals surface area (Å²) >= 11 is 0. The predicted molar refractivity (Wildman–Crippen MR) is 93.1 cm³/mol. The van der Waals surface area contributed by atoms with Crippen LogP contribution in [0.25, 0.3) is 5.65 Å². The molecule has 0 saturated carbocycles. The predicted octanol–water partition coefficient (Wildman–Crippen LogP) is 4.14. The van der Waals surface area contributed by atoms with Crippen molar-refractivity contribution in [3.8, 4) is 0 Å². The summed E-state index contributed by atoms with van der Waals surface area (Å²) in [6, 6.07) is 18.0. The van der Waals surface area contributed by atoms with Crippen LogP contribution < -0.4 is 5.32 Å². The third kappa shape index (κ3) is 2.65. The van der Waals surface area contributed by atoms with Crippen molar-refractivity contribution in [1.82, 2.24) is 14.6 Å². The monoisotopic (exact) mass is 318 g/mol. The molecule has 3 heterocycles. The number of aromatic nitrogens is 3. The standard InChI is InChI=1S/C19H18N4O/c1-13-11-18(23-17(20-13)12-14(2)22-23)21-19(16-9-6-10-24-16)15-7-4-3-5-8-15/h3-12,19,21H,1-2H3/t19-/m0/s1. The van der Waals surface area contributed by atoms with Gasteiger partial charge < -0.3 is 9.73 Å². The highest BCUT2D eigenvalue weighted by atomic mass is 16.3. The molecule has 5 nitrogen and oxygen atoms in total. The van der Waals surface area contributed by atoms with Crippen LogP contribution in [-0.4, -0.2) is 14.6 Å². The highest BCUT2D eigenvalue weighted by Crippen LogP contribution is 2.27. The van der Waals surface area contributed by atoms with Gasteiger partial charge >= 0.3 is 0 Å². The SMILES string of the molecule is Cc1cc(N[C@@H](c2ccccc2)c2ccco2)n2nc(C)cc2n1. The molecule has 0 bridgehead atoms. The molecule has 24 heavy (non-hydrogen) atoms. The zero-order valence-electron chi connectivity index (χ0n) is 13.6. The Hall–Kier alpha value is -3.08. The summed E-state index contributed by atoms with van der Waals surface area (Å²) in [5, 5.41) is 8.10. The molecule has 5 heteroatoms. The molecule has 0 radical (unpaired) electrons. The molecule has 0 saturated heterocycles. The average molecular weight is 318 g/mol. The van der Waals surface area contributed by atoms with Gasteiger partial charge in [0, 0.05) is 17.8 Å². The molecule has 1 aromatic carbocycles. The van der Waals surface area contributed by atoms with Gasteiger partial charge in [-0.15, -0.1) is 0 Å². The Kier molecular flexibility index (Phi) is 3.54. The zero-order valence-corrected chi connectivity index (χ0v) is 13.6. The summed E-state index contributed by atoms with van der Waals surface area (Å²) in [6.45, 7) is 3.95. The quantitative estimate of drug-likeness (QED) is 0.614. The Morgan fingerprint density at radius 2 is 1.83 bits per heavy atom. The smallest absolute Gasteiger partial charge is 0.157 e. The molecule has 0 amide bonds. The second kappa shape index (κ2) is 5.85. The average Bonchev–Trinajstić information content (AvgIpc) is 3.22. The lowest BCUT2D eigenvalue weighted by atomic mass is 10.0. The maximum absolute atomic E-state index is 5.66. The second-order valence-electron chi connectivity index (χ2n) is 5.84. The number of benzene rings is 1. The van der Waals surface area contributed by atoms with Gasteiger partial charge in [-0.25, -0.2) is 4.98 Å². The van der Waals surface area contributed by atoms with E-state index in [4.69, 9.17) is 4.42 Å². The van der Waals surface area contributed by atoms with Crippen LogP contribution in [0.1, 0.15) is 28.8 Å². The molecule has 1 atom stereocenters. The van der Waals surface area contributed by atoms with Crippen molar-refractivity contribution in [3.05, 3.63) is 83.6 Å². The summed E-state index contributed by atoms with van der Waals surface area (Å²) in [7, 11) is 0. The minimum atomic E-state index is -0.101. The van der Waals surface area contributed by atoms with Gasteiger partial charge in [-0.2, -0.15) is 9.61 Å². The van der Waals surface area contributed by atoms with E-state index in [-0.39, 0.29) is 6.04 Å². The first-order valence-electron chi connectivity index (χ1n) is 7.89. The number of nitrogens with zero attached hydrogens (tertiary/aromatic N) is 3. The van der Waals surface area contributed by atoms with Gasteiger partial charge in [0.15, 0.2) is 5.65 Å². The van der Waals surface area contributed by atoms with E-state index in [0.29, 0.717) is 0 Å². The molecule has 4 aromatic rings. The van der Waals surface area contributed by atoms with Gasteiger partial charge in [0.2, 0.25) is 0 Å². The topological polar surface area (TPSA) is 55.4 Å². The van der Waals surface area contributed by atoms with E-state index >= 15 is 0 Å². The Morgan fingerprint density at radius 3 is 2.58 bits per heavy atom. The third-order valence-corrected chi connectivity index (χ3v) is 3.93. The van der Waals surface area contributed by atoms with Gasteiger partial charge in [-0.05, 0) is 31.5 Å². The first-order valence-corrected chi connectivity index (χ1v) is 7.89. The van der Waals surface area contributed by atoms with Crippen LogP contribution in [0.4, 0.5) is 5.82 Å². The van der Waals surface area contributed by atoms with Gasteiger partial charge in [0.05, 0.1) is 12.0 Å². The molecular weight excluding hydrogens is 300 g/mol. The Labute approximate surface area is 140 Å². The fourth-order valence-electron chi connectivity index (χ4n) is 2.89. The number of fused-ring (bicyclic) bond motifs is 1. The van der Waals surface area contributed by atoms with Crippen molar-refractivity contribution < 1.29 is 4.42 Å². The number of rotatable bonds is 4. The Balaban J connectivity index is 1.81. The largest absolute Gasteiger partial charge is 0.467 e. The van der Waals surface area contributed by atoms with E-state index in [2.05, 4.69) is 27.5 Å². The van der Waals surface area contributed by atoms with Crippen LogP contribution in [0.5, 0.6) is 0 Å². The third-order valence-electron chi connectivity index (χ3n) is 3.93. The van der Waals surface area contributed by atoms with E-state index in [1.165, 1.54) is 0 Å². The first-order chi connectivity index (χ1) is 11.7. The normalized spacial score (nSPS) is 12.4. The zero-order chi connectivity index (χ0) is 16.5. The number of nitrogens with one attached hydrogen (secondary N) is 1. The number of aryl methyl sites for hydroxylation is 2. The van der Waals surface area contributed by atoms with Crippen LogP contribution in [-0.2, 0) is 0 Å². The first kappa shape index (κ1) is 14.5. The number of anilines is 1. The van der Waals surface area contributed by atoms with Crippen molar-refractivity contribution in [1.29, 1.82) is 0 Å². The summed E-state index contributed by atoms with van der Waals surface area (Å²) in [4.78, 5) is 4.54. The van der Waals surface area contributed by atoms with E-state index < -0.39 is 0 Å². The molecular formula is C19H18N4O. The molecule has 0 unspecified atom stereocenters. The van der Waals surface area contributed by atoms with Gasteiger partial charge in [0.1, 0.15) is 17.6 Å². The van der Waals surface area contributed by atoms with Crippen molar-refractivity contribution in [3.63, 3.8) is 0 Å². The molecule has 4 rings (SSSR count). The van der Waals surface area contributed by atoms with Crippen molar-refractivity contribution in [2.24, 2.45) is 0 Å².